The van der Waals surface area contributed by atoms with Crippen molar-refractivity contribution in [1.29, 1.82) is 0 Å². The van der Waals surface area contributed by atoms with Crippen LogP contribution in [0.25, 0.3) is 0 Å². The topological polar surface area (TPSA) is 94.3 Å². The minimum absolute atomic E-state index is 0.117. The van der Waals surface area contributed by atoms with Crippen molar-refractivity contribution in [2.24, 2.45) is 0 Å². The molecule has 0 saturated carbocycles. The Morgan fingerprint density at radius 1 is 1.58 bits per heavy atom. The van der Waals surface area contributed by atoms with Crippen molar-refractivity contribution in [3.8, 4) is 0 Å². The summed E-state index contributed by atoms with van der Waals surface area (Å²) in [5, 5.41) is 7.00. The zero-order valence-electron chi connectivity index (χ0n) is 11.1. The number of sulfone groups is 1. The Labute approximate surface area is 112 Å². The molecule has 108 valence electrons. The van der Waals surface area contributed by atoms with E-state index in [1.165, 1.54) is 0 Å². The monoisotopic (exact) mass is 289 g/mol. The molecule has 2 atom stereocenters. The lowest BCUT2D eigenvalue weighted by Crippen LogP contribution is -2.46. The molecular formula is C11H19N3O4S. The van der Waals surface area contributed by atoms with Crippen molar-refractivity contribution >= 4 is 9.84 Å². The van der Waals surface area contributed by atoms with E-state index in [0.717, 1.165) is 0 Å². The zero-order valence-corrected chi connectivity index (χ0v) is 11.9. The van der Waals surface area contributed by atoms with Crippen LogP contribution in [0.3, 0.4) is 0 Å². The predicted octanol–water partition coefficient (Wildman–Crippen LogP) is 0.0962. The highest BCUT2D eigenvalue weighted by atomic mass is 32.2. The SMILES string of the molecule is CCOC(C)c1noc(CC2CS(=O)(=O)CCN2)n1. The normalized spacial score (nSPS) is 24.2. The van der Waals surface area contributed by atoms with Gasteiger partial charge < -0.3 is 14.6 Å². The second-order valence-corrected chi connectivity index (χ2v) is 6.84. The molecule has 1 aromatic heterocycles. The van der Waals surface area contributed by atoms with Crippen LogP contribution in [0.1, 0.15) is 31.7 Å². The number of aromatic nitrogens is 2. The lowest BCUT2D eigenvalue weighted by molar-refractivity contribution is 0.0683. The summed E-state index contributed by atoms with van der Waals surface area (Å²) in [7, 11) is -2.95. The van der Waals surface area contributed by atoms with Gasteiger partial charge in [0.15, 0.2) is 15.7 Å². The van der Waals surface area contributed by atoms with Gasteiger partial charge in [-0.3, -0.25) is 0 Å². The molecular weight excluding hydrogens is 270 g/mol. The highest BCUT2D eigenvalue weighted by molar-refractivity contribution is 7.91. The molecule has 19 heavy (non-hydrogen) atoms. The van der Waals surface area contributed by atoms with Crippen LogP contribution in [0.4, 0.5) is 0 Å². The van der Waals surface area contributed by atoms with Crippen molar-refractivity contribution in [3.05, 3.63) is 11.7 Å². The first-order valence-electron chi connectivity index (χ1n) is 6.38. The number of hydrogen-bond acceptors (Lipinski definition) is 7. The third kappa shape index (κ3) is 3.99. The molecule has 0 radical (unpaired) electrons. The summed E-state index contributed by atoms with van der Waals surface area (Å²) in [5.41, 5.74) is 0. The van der Waals surface area contributed by atoms with Gasteiger partial charge in [0.2, 0.25) is 5.89 Å². The van der Waals surface area contributed by atoms with Crippen LogP contribution in [-0.4, -0.2) is 49.3 Å². The second kappa shape index (κ2) is 5.98. The molecule has 0 aromatic carbocycles. The minimum atomic E-state index is -2.95. The van der Waals surface area contributed by atoms with Crippen LogP contribution < -0.4 is 5.32 Å². The molecule has 7 nitrogen and oxygen atoms in total. The van der Waals surface area contributed by atoms with Gasteiger partial charge in [-0.15, -0.1) is 0 Å². The molecule has 1 N–H and O–H groups in total. The van der Waals surface area contributed by atoms with E-state index in [-0.39, 0.29) is 23.7 Å². The summed E-state index contributed by atoms with van der Waals surface area (Å²) in [6.07, 6.45) is 0.205. The van der Waals surface area contributed by atoms with Crippen LogP contribution in [0.2, 0.25) is 0 Å². The Morgan fingerprint density at radius 3 is 3.05 bits per heavy atom. The second-order valence-electron chi connectivity index (χ2n) is 4.61. The Balaban J connectivity index is 1.96. The fraction of sp³-hybridized carbons (Fsp3) is 0.818. The number of nitrogens with zero attached hydrogens (tertiary/aromatic N) is 2. The molecule has 0 spiro atoms. The average Bonchev–Trinajstić information content (AvgIpc) is 2.76. The van der Waals surface area contributed by atoms with Gasteiger partial charge in [0, 0.05) is 25.6 Å². The predicted molar refractivity (Wildman–Crippen MR) is 68.5 cm³/mol. The summed E-state index contributed by atoms with van der Waals surface area (Å²) < 4.78 is 33.5. The van der Waals surface area contributed by atoms with Crippen molar-refractivity contribution in [2.75, 3.05) is 24.7 Å². The largest absolute Gasteiger partial charge is 0.371 e. The number of rotatable bonds is 5. The Morgan fingerprint density at radius 2 is 2.37 bits per heavy atom. The van der Waals surface area contributed by atoms with Crippen LogP contribution in [0, 0.1) is 0 Å². The van der Waals surface area contributed by atoms with Gasteiger partial charge in [-0.2, -0.15) is 4.98 Å². The molecule has 1 aliphatic rings. The minimum Gasteiger partial charge on any atom is -0.371 e. The number of hydrogen-bond donors (Lipinski definition) is 1. The van der Waals surface area contributed by atoms with Gasteiger partial charge in [0.1, 0.15) is 6.10 Å². The quantitative estimate of drug-likeness (QED) is 0.821. The average molecular weight is 289 g/mol. The highest BCUT2D eigenvalue weighted by Crippen LogP contribution is 2.14. The summed E-state index contributed by atoms with van der Waals surface area (Å²) in [4.78, 5) is 4.23. The third-order valence-electron chi connectivity index (χ3n) is 2.99. The Kier molecular flexibility index (Phi) is 4.54. The van der Waals surface area contributed by atoms with Gasteiger partial charge in [-0.05, 0) is 13.8 Å². The molecule has 0 bridgehead atoms. The van der Waals surface area contributed by atoms with Gasteiger partial charge in [0.25, 0.3) is 0 Å². The molecule has 2 unspecified atom stereocenters. The first-order chi connectivity index (χ1) is 9.00. The first-order valence-corrected chi connectivity index (χ1v) is 8.20. The molecule has 0 amide bonds. The van der Waals surface area contributed by atoms with Crippen LogP contribution in [0.5, 0.6) is 0 Å². The lowest BCUT2D eigenvalue weighted by Gasteiger charge is -2.21. The molecule has 1 aromatic rings. The van der Waals surface area contributed by atoms with Crippen molar-refractivity contribution in [3.63, 3.8) is 0 Å². The third-order valence-corrected chi connectivity index (χ3v) is 4.72. The number of nitrogens with one attached hydrogen (secondary N) is 1. The highest BCUT2D eigenvalue weighted by Gasteiger charge is 2.26. The van der Waals surface area contributed by atoms with E-state index in [2.05, 4.69) is 15.5 Å². The van der Waals surface area contributed by atoms with E-state index in [1.54, 1.807) is 0 Å². The van der Waals surface area contributed by atoms with Crippen molar-refractivity contribution in [2.45, 2.75) is 32.4 Å². The van der Waals surface area contributed by atoms with Gasteiger partial charge in [0.05, 0.1) is 11.5 Å². The molecule has 1 saturated heterocycles. The molecule has 1 aliphatic heterocycles. The van der Waals surface area contributed by atoms with E-state index in [1.807, 2.05) is 13.8 Å². The van der Waals surface area contributed by atoms with Crippen molar-refractivity contribution < 1.29 is 17.7 Å². The smallest absolute Gasteiger partial charge is 0.228 e. The fourth-order valence-corrected chi connectivity index (χ4v) is 3.49. The standard InChI is InChI=1S/C11H19N3O4S/c1-3-17-8(2)11-13-10(18-14-11)6-9-7-19(15,16)5-4-12-9/h8-9,12H,3-7H2,1-2H3. The maximum atomic E-state index is 11.5. The number of ether oxygens (including phenoxy) is 1. The first kappa shape index (κ1) is 14.4. The fourth-order valence-electron chi connectivity index (χ4n) is 2.05. The Bertz CT molecular complexity index is 514. The maximum absolute atomic E-state index is 11.5. The molecule has 1 fully saturated rings. The summed E-state index contributed by atoms with van der Waals surface area (Å²) in [6.45, 7) is 4.80. The summed E-state index contributed by atoms with van der Waals surface area (Å²) in [5.74, 6) is 1.25. The molecule has 2 rings (SSSR count). The van der Waals surface area contributed by atoms with Gasteiger partial charge in [-0.1, -0.05) is 5.16 Å². The molecule has 0 aliphatic carbocycles. The van der Waals surface area contributed by atoms with E-state index >= 15 is 0 Å². The van der Waals surface area contributed by atoms with E-state index in [9.17, 15) is 8.42 Å². The maximum Gasteiger partial charge on any atom is 0.228 e. The van der Waals surface area contributed by atoms with E-state index < -0.39 is 9.84 Å². The van der Waals surface area contributed by atoms with Crippen LogP contribution in [0.15, 0.2) is 4.52 Å². The lowest BCUT2D eigenvalue weighted by atomic mass is 10.2. The molecule has 8 heteroatoms. The summed E-state index contributed by atoms with van der Waals surface area (Å²) in [6, 6.07) is -0.158. The van der Waals surface area contributed by atoms with E-state index in [0.29, 0.717) is 31.3 Å². The van der Waals surface area contributed by atoms with Gasteiger partial charge >= 0.3 is 0 Å². The zero-order chi connectivity index (χ0) is 13.9. The van der Waals surface area contributed by atoms with Crippen molar-refractivity contribution in [1.82, 2.24) is 15.5 Å². The van der Waals surface area contributed by atoms with Gasteiger partial charge in [-0.25, -0.2) is 8.42 Å². The Hall–Kier alpha value is -0.990. The summed E-state index contributed by atoms with van der Waals surface area (Å²) >= 11 is 0. The van der Waals surface area contributed by atoms with E-state index in [4.69, 9.17) is 9.26 Å². The van der Waals surface area contributed by atoms with Crippen LogP contribution in [-0.2, 0) is 21.0 Å². The molecule has 2 heterocycles. The van der Waals surface area contributed by atoms with Crippen LogP contribution >= 0.6 is 0 Å².